The van der Waals surface area contributed by atoms with Gasteiger partial charge in [0.2, 0.25) is 0 Å². The molecule has 0 amide bonds. The lowest BCUT2D eigenvalue weighted by Crippen LogP contribution is -2.00. The van der Waals surface area contributed by atoms with Gasteiger partial charge in [0.05, 0.1) is 20.8 Å². The molecule has 2 rings (SSSR count). The number of benzene rings is 2. The van der Waals surface area contributed by atoms with E-state index in [9.17, 15) is 0 Å². The second-order valence-electron chi connectivity index (χ2n) is 3.70. The lowest BCUT2D eigenvalue weighted by atomic mass is 10.2. The fraction of sp³-hybridized carbons (Fsp3) is 0.0769. The summed E-state index contributed by atoms with van der Waals surface area (Å²) in [4.78, 5) is 0. The average molecular weight is 365 g/mol. The van der Waals surface area contributed by atoms with E-state index >= 15 is 0 Å². The number of anilines is 1. The van der Waals surface area contributed by atoms with Gasteiger partial charge in [0.25, 0.3) is 0 Å². The molecular weight excluding hydrogens is 356 g/mol. The van der Waals surface area contributed by atoms with Crippen LogP contribution in [0.25, 0.3) is 0 Å². The Morgan fingerprint density at radius 2 is 1.78 bits per heavy atom. The standard InChI is InChI=1S/C13H9BrCl3N/c14-9-5-4-8(6-11(9)16)7-18-12-3-1-2-10(15)13(12)17/h1-6,18H,7H2. The highest BCUT2D eigenvalue weighted by atomic mass is 79.9. The van der Waals surface area contributed by atoms with Crippen molar-refractivity contribution in [3.05, 3.63) is 61.5 Å². The first-order valence-corrected chi connectivity index (χ1v) is 7.12. The van der Waals surface area contributed by atoms with E-state index in [4.69, 9.17) is 34.8 Å². The molecule has 1 nitrogen and oxygen atoms in total. The molecule has 0 fully saturated rings. The summed E-state index contributed by atoms with van der Waals surface area (Å²) in [5, 5.41) is 4.98. The van der Waals surface area contributed by atoms with Gasteiger partial charge in [-0.3, -0.25) is 0 Å². The summed E-state index contributed by atoms with van der Waals surface area (Å²) in [7, 11) is 0. The minimum absolute atomic E-state index is 0.530. The average Bonchev–Trinajstić information content (AvgIpc) is 2.35. The van der Waals surface area contributed by atoms with Crippen LogP contribution in [0, 0.1) is 0 Å². The van der Waals surface area contributed by atoms with E-state index < -0.39 is 0 Å². The molecule has 0 saturated heterocycles. The number of rotatable bonds is 3. The molecule has 18 heavy (non-hydrogen) atoms. The van der Waals surface area contributed by atoms with Crippen LogP contribution in [-0.4, -0.2) is 0 Å². The van der Waals surface area contributed by atoms with Gasteiger partial charge in [0, 0.05) is 11.0 Å². The van der Waals surface area contributed by atoms with E-state index in [-0.39, 0.29) is 0 Å². The molecular formula is C13H9BrCl3N. The summed E-state index contributed by atoms with van der Waals surface area (Å²) < 4.78 is 0.883. The van der Waals surface area contributed by atoms with E-state index in [0.29, 0.717) is 21.6 Å². The molecule has 0 saturated carbocycles. The van der Waals surface area contributed by atoms with Gasteiger partial charge in [-0.25, -0.2) is 0 Å². The van der Waals surface area contributed by atoms with Crippen LogP contribution in [0.4, 0.5) is 5.69 Å². The minimum Gasteiger partial charge on any atom is -0.380 e. The third kappa shape index (κ3) is 3.33. The molecule has 94 valence electrons. The molecule has 0 radical (unpaired) electrons. The Labute approximate surface area is 129 Å². The third-order valence-electron chi connectivity index (χ3n) is 2.42. The van der Waals surface area contributed by atoms with E-state index in [0.717, 1.165) is 15.7 Å². The maximum atomic E-state index is 6.09. The summed E-state index contributed by atoms with van der Waals surface area (Å²) >= 11 is 21.4. The number of halogens is 4. The van der Waals surface area contributed by atoms with Crippen LogP contribution in [0.15, 0.2) is 40.9 Å². The van der Waals surface area contributed by atoms with E-state index in [1.165, 1.54) is 0 Å². The van der Waals surface area contributed by atoms with Crippen LogP contribution in [-0.2, 0) is 6.54 Å². The summed E-state index contributed by atoms with van der Waals surface area (Å²) in [6.45, 7) is 0.632. The Kier molecular flexibility index (Phi) is 4.79. The zero-order valence-corrected chi connectivity index (χ0v) is 13.0. The molecule has 2 aromatic rings. The summed E-state index contributed by atoms with van der Waals surface area (Å²) in [5.74, 6) is 0. The van der Waals surface area contributed by atoms with Crippen molar-refractivity contribution in [3.8, 4) is 0 Å². The second-order valence-corrected chi connectivity index (χ2v) is 5.75. The molecule has 0 atom stereocenters. The SMILES string of the molecule is Clc1cc(CNc2cccc(Cl)c2Cl)ccc1Br. The van der Waals surface area contributed by atoms with Gasteiger partial charge in [-0.1, -0.05) is 46.9 Å². The molecule has 0 aliphatic carbocycles. The molecule has 0 aliphatic heterocycles. The Bertz CT molecular complexity index is 572. The zero-order chi connectivity index (χ0) is 13.1. The Morgan fingerprint density at radius 3 is 2.50 bits per heavy atom. The minimum atomic E-state index is 0.530. The fourth-order valence-corrected chi connectivity index (χ4v) is 2.30. The summed E-state index contributed by atoms with van der Waals surface area (Å²) in [6.07, 6.45) is 0. The Hall–Kier alpha value is -0.410. The maximum absolute atomic E-state index is 6.09. The fourth-order valence-electron chi connectivity index (χ4n) is 1.49. The lowest BCUT2D eigenvalue weighted by Gasteiger charge is -2.10. The van der Waals surface area contributed by atoms with Crippen molar-refractivity contribution in [3.63, 3.8) is 0 Å². The molecule has 1 N–H and O–H groups in total. The smallest absolute Gasteiger partial charge is 0.0823 e. The van der Waals surface area contributed by atoms with Crippen molar-refractivity contribution < 1.29 is 0 Å². The molecule has 0 unspecified atom stereocenters. The van der Waals surface area contributed by atoms with E-state index in [1.807, 2.05) is 30.3 Å². The maximum Gasteiger partial charge on any atom is 0.0823 e. The quantitative estimate of drug-likeness (QED) is 0.701. The van der Waals surface area contributed by atoms with Gasteiger partial charge in [-0.2, -0.15) is 0 Å². The van der Waals surface area contributed by atoms with Gasteiger partial charge >= 0.3 is 0 Å². The van der Waals surface area contributed by atoms with Crippen molar-refractivity contribution in [2.45, 2.75) is 6.54 Å². The molecule has 0 spiro atoms. The van der Waals surface area contributed by atoms with Gasteiger partial charge in [0.1, 0.15) is 0 Å². The van der Waals surface area contributed by atoms with Crippen LogP contribution in [0.3, 0.4) is 0 Å². The predicted molar refractivity (Wildman–Crippen MR) is 82.9 cm³/mol. The highest BCUT2D eigenvalue weighted by molar-refractivity contribution is 9.10. The van der Waals surface area contributed by atoms with E-state index in [1.54, 1.807) is 6.07 Å². The first kappa shape index (κ1) is 14.0. The van der Waals surface area contributed by atoms with Crippen LogP contribution in [0.1, 0.15) is 5.56 Å². The Balaban J connectivity index is 2.11. The number of nitrogens with one attached hydrogen (secondary N) is 1. The molecule has 0 heterocycles. The van der Waals surface area contributed by atoms with Gasteiger partial charge in [0.15, 0.2) is 0 Å². The van der Waals surface area contributed by atoms with Crippen LogP contribution in [0.2, 0.25) is 15.1 Å². The molecule has 5 heteroatoms. The highest BCUT2D eigenvalue weighted by Crippen LogP contribution is 2.30. The molecule has 0 aromatic heterocycles. The monoisotopic (exact) mass is 363 g/mol. The molecule has 2 aromatic carbocycles. The van der Waals surface area contributed by atoms with Crippen molar-refractivity contribution >= 4 is 56.4 Å². The van der Waals surface area contributed by atoms with Crippen molar-refractivity contribution in [1.29, 1.82) is 0 Å². The largest absolute Gasteiger partial charge is 0.380 e. The first-order chi connectivity index (χ1) is 8.58. The topological polar surface area (TPSA) is 12.0 Å². The third-order valence-corrected chi connectivity index (χ3v) is 4.47. The van der Waals surface area contributed by atoms with Crippen LogP contribution < -0.4 is 5.32 Å². The highest BCUT2D eigenvalue weighted by Gasteiger charge is 2.04. The van der Waals surface area contributed by atoms with E-state index in [2.05, 4.69) is 21.2 Å². The summed E-state index contributed by atoms with van der Waals surface area (Å²) in [6, 6.07) is 11.3. The molecule has 0 aliphatic rings. The van der Waals surface area contributed by atoms with Gasteiger partial charge in [-0.15, -0.1) is 0 Å². The van der Waals surface area contributed by atoms with Crippen molar-refractivity contribution in [1.82, 2.24) is 0 Å². The number of hydrogen-bond donors (Lipinski definition) is 1. The van der Waals surface area contributed by atoms with Crippen molar-refractivity contribution in [2.75, 3.05) is 5.32 Å². The Morgan fingerprint density at radius 1 is 1.00 bits per heavy atom. The van der Waals surface area contributed by atoms with Gasteiger partial charge < -0.3 is 5.32 Å². The predicted octanol–water partition coefficient (Wildman–Crippen LogP) is 6.02. The second kappa shape index (κ2) is 6.16. The van der Waals surface area contributed by atoms with Crippen LogP contribution in [0.5, 0.6) is 0 Å². The van der Waals surface area contributed by atoms with Crippen LogP contribution >= 0.6 is 50.7 Å². The number of hydrogen-bond acceptors (Lipinski definition) is 1. The normalized spacial score (nSPS) is 10.4. The molecule has 0 bridgehead atoms. The van der Waals surface area contributed by atoms with Crippen molar-refractivity contribution in [2.24, 2.45) is 0 Å². The summed E-state index contributed by atoms with van der Waals surface area (Å²) in [5.41, 5.74) is 1.88. The van der Waals surface area contributed by atoms with Gasteiger partial charge in [-0.05, 0) is 45.8 Å². The first-order valence-electron chi connectivity index (χ1n) is 5.20. The lowest BCUT2D eigenvalue weighted by molar-refractivity contribution is 1.15. The zero-order valence-electron chi connectivity index (χ0n) is 9.18.